The van der Waals surface area contributed by atoms with Gasteiger partial charge in [-0.2, -0.15) is 0 Å². The second kappa shape index (κ2) is 4.86. The molecule has 0 atom stereocenters. The highest BCUT2D eigenvalue weighted by Crippen LogP contribution is 2.36. The summed E-state index contributed by atoms with van der Waals surface area (Å²) < 4.78 is 10.6. The first-order valence-electron chi connectivity index (χ1n) is 5.88. The summed E-state index contributed by atoms with van der Waals surface area (Å²) in [5, 5.41) is 3.04. The van der Waals surface area contributed by atoms with Crippen molar-refractivity contribution in [2.75, 3.05) is 19.9 Å². The lowest BCUT2D eigenvalue weighted by molar-refractivity contribution is -0.117. The SMILES string of the molecule is CC(C)(CNCC(N)=O)c1ccc2c(c1)OCO2. The Balaban J connectivity index is 2.07. The first kappa shape index (κ1) is 12.7. The Morgan fingerprint density at radius 3 is 2.83 bits per heavy atom. The van der Waals surface area contributed by atoms with Gasteiger partial charge >= 0.3 is 0 Å². The predicted molar refractivity (Wildman–Crippen MR) is 67.7 cm³/mol. The molecule has 5 heteroatoms. The van der Waals surface area contributed by atoms with Crippen molar-refractivity contribution in [2.45, 2.75) is 19.3 Å². The summed E-state index contributed by atoms with van der Waals surface area (Å²) in [4.78, 5) is 10.7. The van der Waals surface area contributed by atoms with E-state index in [0.717, 1.165) is 17.1 Å². The van der Waals surface area contributed by atoms with E-state index in [1.807, 2.05) is 18.2 Å². The summed E-state index contributed by atoms with van der Waals surface area (Å²) in [6.45, 7) is 5.32. The Labute approximate surface area is 106 Å². The molecule has 0 saturated heterocycles. The van der Waals surface area contributed by atoms with Gasteiger partial charge in [0.1, 0.15) is 0 Å². The standard InChI is InChI=1S/C13H18N2O3/c1-13(2,7-15-6-12(14)16)9-3-4-10-11(5-9)18-8-17-10/h3-5,15H,6-8H2,1-2H3,(H2,14,16). The van der Waals surface area contributed by atoms with Gasteiger partial charge in [0.2, 0.25) is 12.7 Å². The molecule has 1 aromatic carbocycles. The number of hydrogen-bond acceptors (Lipinski definition) is 4. The Morgan fingerprint density at radius 2 is 2.11 bits per heavy atom. The normalized spacial score (nSPS) is 13.7. The lowest BCUT2D eigenvalue weighted by Gasteiger charge is -2.25. The zero-order valence-electron chi connectivity index (χ0n) is 10.7. The fourth-order valence-electron chi connectivity index (χ4n) is 1.92. The van der Waals surface area contributed by atoms with E-state index < -0.39 is 0 Å². The number of nitrogens with one attached hydrogen (secondary N) is 1. The van der Waals surface area contributed by atoms with Crippen molar-refractivity contribution in [1.29, 1.82) is 0 Å². The van der Waals surface area contributed by atoms with Crippen LogP contribution in [0.5, 0.6) is 11.5 Å². The molecular formula is C13H18N2O3. The largest absolute Gasteiger partial charge is 0.454 e. The summed E-state index contributed by atoms with van der Waals surface area (Å²) in [7, 11) is 0. The molecule has 1 heterocycles. The second-order valence-electron chi connectivity index (χ2n) is 5.02. The summed E-state index contributed by atoms with van der Waals surface area (Å²) >= 11 is 0. The number of hydrogen-bond donors (Lipinski definition) is 2. The molecule has 0 unspecified atom stereocenters. The van der Waals surface area contributed by atoms with E-state index in [-0.39, 0.29) is 24.7 Å². The maximum atomic E-state index is 10.7. The van der Waals surface area contributed by atoms with E-state index in [9.17, 15) is 4.79 Å². The molecule has 18 heavy (non-hydrogen) atoms. The van der Waals surface area contributed by atoms with Gasteiger partial charge in [0.05, 0.1) is 6.54 Å². The van der Waals surface area contributed by atoms with Crippen LogP contribution in [0.25, 0.3) is 0 Å². The van der Waals surface area contributed by atoms with Gasteiger partial charge in [-0.05, 0) is 17.7 Å². The van der Waals surface area contributed by atoms with E-state index in [2.05, 4.69) is 19.2 Å². The van der Waals surface area contributed by atoms with Crippen molar-refractivity contribution in [3.05, 3.63) is 23.8 Å². The summed E-state index contributed by atoms with van der Waals surface area (Å²) in [6, 6.07) is 5.90. The number of ether oxygens (including phenoxy) is 2. The van der Waals surface area contributed by atoms with Crippen LogP contribution < -0.4 is 20.5 Å². The van der Waals surface area contributed by atoms with Gasteiger partial charge < -0.3 is 20.5 Å². The molecule has 2 rings (SSSR count). The number of fused-ring (bicyclic) bond motifs is 1. The number of benzene rings is 1. The van der Waals surface area contributed by atoms with Gasteiger partial charge in [-0.1, -0.05) is 19.9 Å². The lowest BCUT2D eigenvalue weighted by Crippen LogP contribution is -2.37. The van der Waals surface area contributed by atoms with E-state index >= 15 is 0 Å². The minimum absolute atomic E-state index is 0.115. The molecule has 3 N–H and O–H groups in total. The van der Waals surface area contributed by atoms with Crippen LogP contribution in [0.4, 0.5) is 0 Å². The van der Waals surface area contributed by atoms with Gasteiger partial charge in [0, 0.05) is 12.0 Å². The minimum atomic E-state index is -0.350. The molecule has 0 fully saturated rings. The molecule has 0 radical (unpaired) electrons. The highest BCUT2D eigenvalue weighted by molar-refractivity contribution is 5.75. The maximum absolute atomic E-state index is 10.7. The molecule has 0 aromatic heterocycles. The van der Waals surface area contributed by atoms with Crippen molar-refractivity contribution < 1.29 is 14.3 Å². The monoisotopic (exact) mass is 250 g/mol. The molecule has 5 nitrogen and oxygen atoms in total. The second-order valence-corrected chi connectivity index (χ2v) is 5.02. The smallest absolute Gasteiger partial charge is 0.231 e. The van der Waals surface area contributed by atoms with Crippen LogP contribution in [0, 0.1) is 0 Å². The van der Waals surface area contributed by atoms with E-state index in [4.69, 9.17) is 15.2 Å². The maximum Gasteiger partial charge on any atom is 0.231 e. The molecular weight excluding hydrogens is 232 g/mol. The van der Waals surface area contributed by atoms with Crippen molar-refractivity contribution in [3.63, 3.8) is 0 Å². The highest BCUT2D eigenvalue weighted by atomic mass is 16.7. The molecule has 1 aromatic rings. The zero-order valence-corrected chi connectivity index (χ0v) is 10.7. The van der Waals surface area contributed by atoms with Crippen LogP contribution in [0.1, 0.15) is 19.4 Å². The number of rotatable bonds is 5. The molecule has 98 valence electrons. The first-order chi connectivity index (χ1) is 8.49. The van der Waals surface area contributed by atoms with Crippen LogP contribution in [0.3, 0.4) is 0 Å². The lowest BCUT2D eigenvalue weighted by atomic mass is 9.84. The third-order valence-corrected chi connectivity index (χ3v) is 3.02. The first-order valence-corrected chi connectivity index (χ1v) is 5.88. The average Bonchev–Trinajstić information content (AvgIpc) is 2.74. The minimum Gasteiger partial charge on any atom is -0.454 e. The fourth-order valence-corrected chi connectivity index (χ4v) is 1.92. The van der Waals surface area contributed by atoms with Crippen LogP contribution in [0.2, 0.25) is 0 Å². The number of nitrogens with two attached hydrogens (primary N) is 1. The molecule has 1 amide bonds. The zero-order chi connectivity index (χ0) is 13.2. The molecule has 0 bridgehead atoms. The van der Waals surface area contributed by atoms with Crippen LogP contribution >= 0.6 is 0 Å². The molecule has 0 spiro atoms. The van der Waals surface area contributed by atoms with Crippen molar-refractivity contribution in [2.24, 2.45) is 5.73 Å². The Morgan fingerprint density at radius 1 is 1.39 bits per heavy atom. The van der Waals surface area contributed by atoms with Crippen molar-refractivity contribution in [3.8, 4) is 11.5 Å². The summed E-state index contributed by atoms with van der Waals surface area (Å²) in [6.07, 6.45) is 0. The summed E-state index contributed by atoms with van der Waals surface area (Å²) in [5.74, 6) is 1.20. The van der Waals surface area contributed by atoms with Gasteiger partial charge in [0.15, 0.2) is 11.5 Å². The molecule has 0 aliphatic carbocycles. The average molecular weight is 250 g/mol. The molecule has 1 aliphatic rings. The fraction of sp³-hybridized carbons (Fsp3) is 0.462. The molecule has 0 saturated carbocycles. The molecule has 1 aliphatic heterocycles. The van der Waals surface area contributed by atoms with Gasteiger partial charge in [-0.3, -0.25) is 4.79 Å². The van der Waals surface area contributed by atoms with E-state index in [0.29, 0.717) is 6.54 Å². The number of primary amides is 1. The highest BCUT2D eigenvalue weighted by Gasteiger charge is 2.23. The van der Waals surface area contributed by atoms with Crippen molar-refractivity contribution in [1.82, 2.24) is 5.32 Å². The number of carbonyl (C=O) groups excluding carboxylic acids is 1. The third-order valence-electron chi connectivity index (χ3n) is 3.02. The third kappa shape index (κ3) is 2.73. The Bertz CT molecular complexity index is 458. The topological polar surface area (TPSA) is 73.6 Å². The predicted octanol–water partition coefficient (Wildman–Crippen LogP) is 0.768. The van der Waals surface area contributed by atoms with Gasteiger partial charge in [0.25, 0.3) is 0 Å². The Hall–Kier alpha value is -1.75. The van der Waals surface area contributed by atoms with Crippen LogP contribution in [-0.4, -0.2) is 25.8 Å². The Kier molecular flexibility index (Phi) is 3.43. The number of carbonyl (C=O) groups is 1. The quantitative estimate of drug-likeness (QED) is 0.809. The van der Waals surface area contributed by atoms with Gasteiger partial charge in [-0.25, -0.2) is 0 Å². The van der Waals surface area contributed by atoms with Crippen molar-refractivity contribution >= 4 is 5.91 Å². The van der Waals surface area contributed by atoms with E-state index in [1.165, 1.54) is 0 Å². The van der Waals surface area contributed by atoms with Crippen LogP contribution in [-0.2, 0) is 10.2 Å². The number of amides is 1. The summed E-state index contributed by atoms with van der Waals surface area (Å²) in [5.41, 5.74) is 6.11. The van der Waals surface area contributed by atoms with Gasteiger partial charge in [-0.15, -0.1) is 0 Å². The van der Waals surface area contributed by atoms with E-state index in [1.54, 1.807) is 0 Å². The van der Waals surface area contributed by atoms with Crippen LogP contribution in [0.15, 0.2) is 18.2 Å².